The first-order valence-corrected chi connectivity index (χ1v) is 12.6. The quantitative estimate of drug-likeness (QED) is 0.209. The van der Waals surface area contributed by atoms with Crippen LogP contribution < -0.4 is 5.46 Å². The first kappa shape index (κ1) is 22.3. The fraction of sp³-hybridized carbons (Fsp3) is 0.194. The van der Waals surface area contributed by atoms with Crippen molar-refractivity contribution in [2.24, 2.45) is 0 Å². The summed E-state index contributed by atoms with van der Waals surface area (Å²) in [5.74, 6) is 0. The Hall–Kier alpha value is -3.87. The van der Waals surface area contributed by atoms with Crippen LogP contribution in [0.3, 0.4) is 0 Å². The van der Waals surface area contributed by atoms with Gasteiger partial charge in [-0.2, -0.15) is 0 Å². The largest absolute Gasteiger partial charge is 0.494 e. The summed E-state index contributed by atoms with van der Waals surface area (Å²) in [5.41, 5.74) is 4.94. The summed E-state index contributed by atoms with van der Waals surface area (Å²) in [4.78, 5) is 14.7. The van der Waals surface area contributed by atoms with Gasteiger partial charge in [-0.1, -0.05) is 54.6 Å². The van der Waals surface area contributed by atoms with Crippen LogP contribution in [0.1, 0.15) is 27.7 Å². The fourth-order valence-electron chi connectivity index (χ4n) is 5.33. The molecule has 0 spiro atoms. The molecule has 1 fully saturated rings. The molecular weight excluding hydrogens is 457 g/mol. The number of pyridine rings is 3. The maximum absolute atomic E-state index is 6.28. The zero-order valence-electron chi connectivity index (χ0n) is 21.3. The second kappa shape index (κ2) is 7.82. The Bertz CT molecular complexity index is 1830. The van der Waals surface area contributed by atoms with Crippen LogP contribution in [-0.4, -0.2) is 33.3 Å². The number of fused-ring (bicyclic) bond motifs is 8. The zero-order chi connectivity index (χ0) is 25.4. The molecule has 1 saturated heterocycles. The van der Waals surface area contributed by atoms with E-state index < -0.39 is 7.12 Å². The topological polar surface area (TPSA) is 57.1 Å². The van der Waals surface area contributed by atoms with Crippen LogP contribution in [0.2, 0.25) is 0 Å². The SMILES string of the molecule is CC1(C)OB(c2ccc(-c3nc4ccccc4c4c5cccnc5c5ncccc5c34)cc2)OC1(C)C. The highest BCUT2D eigenvalue weighted by molar-refractivity contribution is 6.62. The highest BCUT2D eigenvalue weighted by Crippen LogP contribution is 2.41. The average molecular weight is 483 g/mol. The monoisotopic (exact) mass is 483 g/mol. The summed E-state index contributed by atoms with van der Waals surface area (Å²) in [7, 11) is -0.402. The minimum absolute atomic E-state index is 0.381. The van der Waals surface area contributed by atoms with Gasteiger partial charge in [0.15, 0.2) is 0 Å². The number of benzene rings is 3. The molecule has 0 aliphatic carbocycles. The predicted molar refractivity (Wildman–Crippen MR) is 151 cm³/mol. The summed E-state index contributed by atoms with van der Waals surface area (Å²) >= 11 is 0. The summed E-state index contributed by atoms with van der Waals surface area (Å²) in [6.07, 6.45) is 3.66. The van der Waals surface area contributed by atoms with Crippen LogP contribution in [0.5, 0.6) is 0 Å². The molecule has 0 unspecified atom stereocenters. The normalized spacial score (nSPS) is 16.8. The van der Waals surface area contributed by atoms with Gasteiger partial charge in [0.05, 0.1) is 33.4 Å². The van der Waals surface area contributed by atoms with E-state index in [1.54, 1.807) is 0 Å². The third kappa shape index (κ3) is 3.29. The molecule has 0 N–H and O–H groups in total. The molecule has 1 aliphatic heterocycles. The second-order valence-electron chi connectivity index (χ2n) is 10.7. The van der Waals surface area contributed by atoms with E-state index in [2.05, 4.69) is 82.3 Å². The molecule has 6 aromatic rings. The van der Waals surface area contributed by atoms with E-state index in [1.807, 2.05) is 30.6 Å². The lowest BCUT2D eigenvalue weighted by molar-refractivity contribution is 0.00578. The molecule has 6 heteroatoms. The lowest BCUT2D eigenvalue weighted by Gasteiger charge is -2.32. The molecule has 1 aliphatic rings. The van der Waals surface area contributed by atoms with Crippen molar-refractivity contribution < 1.29 is 9.31 Å². The molecule has 7 rings (SSSR count). The van der Waals surface area contributed by atoms with E-state index in [4.69, 9.17) is 24.3 Å². The van der Waals surface area contributed by atoms with Gasteiger partial charge in [-0.3, -0.25) is 9.97 Å². The van der Waals surface area contributed by atoms with E-state index in [9.17, 15) is 0 Å². The van der Waals surface area contributed by atoms with Crippen LogP contribution in [0.4, 0.5) is 0 Å². The van der Waals surface area contributed by atoms with Crippen molar-refractivity contribution in [1.29, 1.82) is 0 Å². The van der Waals surface area contributed by atoms with Crippen molar-refractivity contribution in [3.63, 3.8) is 0 Å². The van der Waals surface area contributed by atoms with Gasteiger partial charge in [-0.15, -0.1) is 0 Å². The van der Waals surface area contributed by atoms with Crippen molar-refractivity contribution in [2.75, 3.05) is 0 Å². The van der Waals surface area contributed by atoms with Gasteiger partial charge < -0.3 is 9.31 Å². The number of nitrogens with zero attached hydrogens (tertiary/aromatic N) is 3. The van der Waals surface area contributed by atoms with Crippen LogP contribution in [0, 0.1) is 0 Å². The van der Waals surface area contributed by atoms with Gasteiger partial charge in [0.2, 0.25) is 0 Å². The number of hydrogen-bond donors (Lipinski definition) is 0. The average Bonchev–Trinajstić information content (AvgIpc) is 3.14. The molecule has 0 bridgehead atoms. The highest BCUT2D eigenvalue weighted by Gasteiger charge is 2.51. The zero-order valence-corrected chi connectivity index (χ0v) is 21.3. The standard InChI is InChI=1S/C31H26BN3O2/c1-30(2)31(3,4)37-32(36-30)20-15-13-19(14-16-20)27-26-23-11-8-18-34-29(23)28-22(10-7-17-33-28)25(26)21-9-5-6-12-24(21)35-27/h5-18H,1-4H3. The summed E-state index contributed by atoms with van der Waals surface area (Å²) in [5, 5.41) is 5.48. The van der Waals surface area contributed by atoms with E-state index in [1.165, 1.54) is 0 Å². The molecule has 0 radical (unpaired) electrons. The summed E-state index contributed by atoms with van der Waals surface area (Å²) in [6.45, 7) is 8.30. The Morgan fingerprint density at radius 2 is 1.19 bits per heavy atom. The molecule has 180 valence electrons. The molecule has 37 heavy (non-hydrogen) atoms. The smallest absolute Gasteiger partial charge is 0.399 e. The van der Waals surface area contributed by atoms with E-state index in [-0.39, 0.29) is 11.2 Å². The van der Waals surface area contributed by atoms with Crippen molar-refractivity contribution in [1.82, 2.24) is 15.0 Å². The van der Waals surface area contributed by atoms with Gasteiger partial charge in [0.1, 0.15) is 0 Å². The molecule has 4 heterocycles. The van der Waals surface area contributed by atoms with E-state index >= 15 is 0 Å². The third-order valence-electron chi connectivity index (χ3n) is 7.98. The molecule has 3 aromatic heterocycles. The Labute approximate surface area is 215 Å². The van der Waals surface area contributed by atoms with Crippen LogP contribution in [0.15, 0.2) is 85.2 Å². The maximum atomic E-state index is 6.28. The van der Waals surface area contributed by atoms with Crippen molar-refractivity contribution in [3.05, 3.63) is 85.2 Å². The minimum Gasteiger partial charge on any atom is -0.399 e. The molecular formula is C31H26BN3O2. The highest BCUT2D eigenvalue weighted by atomic mass is 16.7. The van der Waals surface area contributed by atoms with Crippen LogP contribution in [0.25, 0.3) is 54.7 Å². The van der Waals surface area contributed by atoms with Gasteiger partial charge >= 0.3 is 7.12 Å². The fourth-order valence-corrected chi connectivity index (χ4v) is 5.33. The van der Waals surface area contributed by atoms with Crippen LogP contribution >= 0.6 is 0 Å². The van der Waals surface area contributed by atoms with Gasteiger partial charge in [0.25, 0.3) is 0 Å². The van der Waals surface area contributed by atoms with Crippen LogP contribution in [-0.2, 0) is 9.31 Å². The van der Waals surface area contributed by atoms with Crippen molar-refractivity contribution >= 4 is 56.1 Å². The Morgan fingerprint density at radius 3 is 1.84 bits per heavy atom. The lowest BCUT2D eigenvalue weighted by Crippen LogP contribution is -2.41. The second-order valence-corrected chi connectivity index (χ2v) is 10.7. The molecule has 0 amide bonds. The first-order chi connectivity index (χ1) is 17.8. The lowest BCUT2D eigenvalue weighted by atomic mass is 9.78. The number of aromatic nitrogens is 3. The third-order valence-corrected chi connectivity index (χ3v) is 7.98. The van der Waals surface area contributed by atoms with Crippen molar-refractivity contribution in [2.45, 2.75) is 38.9 Å². The van der Waals surface area contributed by atoms with Gasteiger partial charge in [0, 0.05) is 44.9 Å². The number of rotatable bonds is 2. The number of hydrogen-bond acceptors (Lipinski definition) is 5. The molecule has 0 saturated carbocycles. The Balaban J connectivity index is 1.50. The van der Waals surface area contributed by atoms with Gasteiger partial charge in [-0.25, -0.2) is 4.98 Å². The predicted octanol–water partition coefficient (Wildman–Crippen LogP) is 6.45. The molecule has 3 aromatic carbocycles. The Kier molecular flexibility index (Phi) is 4.72. The summed E-state index contributed by atoms with van der Waals surface area (Å²) < 4.78 is 12.6. The minimum atomic E-state index is -0.402. The summed E-state index contributed by atoms with van der Waals surface area (Å²) in [6, 6.07) is 25.0. The molecule has 5 nitrogen and oxygen atoms in total. The number of para-hydroxylation sites is 1. The Morgan fingerprint density at radius 1 is 0.622 bits per heavy atom. The maximum Gasteiger partial charge on any atom is 0.494 e. The van der Waals surface area contributed by atoms with Crippen molar-refractivity contribution in [3.8, 4) is 11.3 Å². The van der Waals surface area contributed by atoms with E-state index in [0.717, 1.165) is 60.2 Å². The van der Waals surface area contributed by atoms with Gasteiger partial charge in [-0.05, 0) is 51.4 Å². The van der Waals surface area contributed by atoms with E-state index in [0.29, 0.717) is 0 Å². The molecule has 0 atom stereocenters. The first-order valence-electron chi connectivity index (χ1n) is 12.6.